The first kappa shape index (κ1) is 12.2. The topological polar surface area (TPSA) is 39.2 Å². The molecule has 2 rings (SSSR count). The number of nitrogens with zero attached hydrogens (tertiary/aromatic N) is 1. The van der Waals surface area contributed by atoms with Crippen LogP contribution in [0.5, 0.6) is 0 Å². The highest BCUT2D eigenvalue weighted by atomic mass is 19.1. The Labute approximate surface area is 104 Å². The van der Waals surface area contributed by atoms with E-state index in [1.165, 1.54) is 24.3 Å². The molecule has 18 heavy (non-hydrogen) atoms. The number of fused-ring (bicyclic) bond motifs is 1. The average Bonchev–Trinajstić information content (AvgIpc) is 2.36. The molecule has 0 N–H and O–H groups in total. The summed E-state index contributed by atoms with van der Waals surface area (Å²) in [6.07, 6.45) is 4.41. The van der Waals surface area contributed by atoms with Crippen LogP contribution in [-0.2, 0) is 9.53 Å². The molecule has 0 aliphatic carbocycles. The summed E-state index contributed by atoms with van der Waals surface area (Å²) in [7, 11) is 0. The second-order valence-electron chi connectivity index (χ2n) is 3.66. The van der Waals surface area contributed by atoms with E-state index in [1.54, 1.807) is 25.3 Å². The maximum absolute atomic E-state index is 13.4. The molecule has 0 saturated carbocycles. The molecule has 0 amide bonds. The van der Waals surface area contributed by atoms with Crippen molar-refractivity contribution in [2.45, 2.75) is 6.92 Å². The van der Waals surface area contributed by atoms with Gasteiger partial charge in [-0.1, -0.05) is 6.07 Å². The van der Waals surface area contributed by atoms with Crippen LogP contribution in [0.2, 0.25) is 0 Å². The van der Waals surface area contributed by atoms with Gasteiger partial charge < -0.3 is 4.74 Å². The van der Waals surface area contributed by atoms with E-state index in [-0.39, 0.29) is 5.82 Å². The van der Waals surface area contributed by atoms with Crippen molar-refractivity contribution >= 4 is 22.9 Å². The third-order valence-corrected chi connectivity index (χ3v) is 2.38. The molecule has 1 heterocycles. The lowest BCUT2D eigenvalue weighted by Crippen LogP contribution is -1.98. The Hall–Kier alpha value is -2.23. The van der Waals surface area contributed by atoms with Crippen LogP contribution in [0, 0.1) is 5.82 Å². The Bertz CT molecular complexity index is 608. The molecule has 1 aromatic carbocycles. The Kier molecular flexibility index (Phi) is 3.67. The van der Waals surface area contributed by atoms with Crippen molar-refractivity contribution in [1.82, 2.24) is 4.98 Å². The van der Waals surface area contributed by atoms with Crippen molar-refractivity contribution in [3.8, 4) is 0 Å². The lowest BCUT2D eigenvalue weighted by atomic mass is 10.1. The van der Waals surface area contributed by atoms with Crippen molar-refractivity contribution in [2.75, 3.05) is 6.61 Å². The Morgan fingerprint density at radius 3 is 3.11 bits per heavy atom. The zero-order chi connectivity index (χ0) is 13.0. The molecule has 0 unspecified atom stereocenters. The average molecular weight is 245 g/mol. The molecule has 0 atom stereocenters. The highest BCUT2D eigenvalue weighted by Gasteiger charge is 2.03. The second-order valence-corrected chi connectivity index (χ2v) is 3.66. The SMILES string of the molecule is CCOC(=O)/C=C/c1cc(F)cc2cccnc12. The van der Waals surface area contributed by atoms with Gasteiger partial charge in [-0.25, -0.2) is 9.18 Å². The number of carbonyl (C=O) groups excluding carboxylic acids is 1. The van der Waals surface area contributed by atoms with E-state index in [9.17, 15) is 9.18 Å². The highest BCUT2D eigenvalue weighted by molar-refractivity contribution is 5.92. The van der Waals surface area contributed by atoms with Crippen LogP contribution in [0.4, 0.5) is 4.39 Å². The third-order valence-electron chi connectivity index (χ3n) is 2.38. The first-order valence-electron chi connectivity index (χ1n) is 5.60. The first-order valence-corrected chi connectivity index (χ1v) is 5.60. The maximum Gasteiger partial charge on any atom is 0.330 e. The van der Waals surface area contributed by atoms with E-state index in [2.05, 4.69) is 4.98 Å². The summed E-state index contributed by atoms with van der Waals surface area (Å²) in [5.41, 5.74) is 1.21. The minimum absolute atomic E-state index is 0.311. The van der Waals surface area contributed by atoms with Gasteiger partial charge in [-0.2, -0.15) is 0 Å². The highest BCUT2D eigenvalue weighted by Crippen LogP contribution is 2.19. The molecule has 0 fully saturated rings. The predicted octanol–water partition coefficient (Wildman–Crippen LogP) is 2.95. The van der Waals surface area contributed by atoms with Crippen molar-refractivity contribution in [3.63, 3.8) is 0 Å². The molecule has 1 aromatic heterocycles. The van der Waals surface area contributed by atoms with Gasteiger partial charge in [0.2, 0.25) is 0 Å². The van der Waals surface area contributed by atoms with Gasteiger partial charge in [0.25, 0.3) is 0 Å². The second kappa shape index (κ2) is 5.40. The molecule has 0 radical (unpaired) electrons. The normalized spacial score (nSPS) is 11.0. The molecule has 0 aliphatic heterocycles. The monoisotopic (exact) mass is 245 g/mol. The number of hydrogen-bond donors (Lipinski definition) is 0. The first-order chi connectivity index (χ1) is 8.70. The molecule has 0 saturated heterocycles. The summed E-state index contributed by atoms with van der Waals surface area (Å²) >= 11 is 0. The third kappa shape index (κ3) is 2.71. The van der Waals surface area contributed by atoms with E-state index in [1.807, 2.05) is 0 Å². The van der Waals surface area contributed by atoms with Gasteiger partial charge in [-0.05, 0) is 31.2 Å². The van der Waals surface area contributed by atoms with Gasteiger partial charge in [0.1, 0.15) is 5.82 Å². The summed E-state index contributed by atoms with van der Waals surface area (Å²) in [6, 6.07) is 6.25. The number of carbonyl (C=O) groups is 1. The number of pyridine rings is 1. The number of aromatic nitrogens is 1. The van der Waals surface area contributed by atoms with Crippen molar-refractivity contribution in [2.24, 2.45) is 0 Å². The summed E-state index contributed by atoms with van der Waals surface area (Å²) in [5.74, 6) is -0.815. The van der Waals surface area contributed by atoms with Crippen molar-refractivity contribution in [3.05, 3.63) is 47.9 Å². The van der Waals surface area contributed by atoms with Gasteiger partial charge in [-0.15, -0.1) is 0 Å². The van der Waals surface area contributed by atoms with Crippen LogP contribution >= 0.6 is 0 Å². The van der Waals surface area contributed by atoms with Gasteiger partial charge >= 0.3 is 5.97 Å². The van der Waals surface area contributed by atoms with Crippen molar-refractivity contribution in [1.29, 1.82) is 0 Å². The zero-order valence-electron chi connectivity index (χ0n) is 9.89. The van der Waals surface area contributed by atoms with Crippen LogP contribution in [0.25, 0.3) is 17.0 Å². The molecule has 92 valence electrons. The van der Waals surface area contributed by atoms with E-state index in [4.69, 9.17) is 4.74 Å². The Morgan fingerprint density at radius 1 is 1.50 bits per heavy atom. The molecule has 4 heteroatoms. The van der Waals surface area contributed by atoms with Gasteiger partial charge in [-0.3, -0.25) is 4.98 Å². The summed E-state index contributed by atoms with van der Waals surface area (Å²) in [4.78, 5) is 15.4. The smallest absolute Gasteiger partial charge is 0.330 e. The molecule has 3 nitrogen and oxygen atoms in total. The predicted molar refractivity (Wildman–Crippen MR) is 67.4 cm³/mol. The van der Waals surface area contributed by atoms with E-state index in [0.29, 0.717) is 23.1 Å². The number of hydrogen-bond acceptors (Lipinski definition) is 3. The molecule has 0 bridgehead atoms. The van der Waals surface area contributed by atoms with Crippen LogP contribution in [0.15, 0.2) is 36.5 Å². The van der Waals surface area contributed by atoms with Crippen molar-refractivity contribution < 1.29 is 13.9 Å². The number of ether oxygens (including phenoxy) is 1. The molecular weight excluding hydrogens is 233 g/mol. The molecule has 2 aromatic rings. The maximum atomic E-state index is 13.4. The number of benzene rings is 1. The van der Waals surface area contributed by atoms with E-state index in [0.717, 1.165) is 0 Å². The molecular formula is C14H12FNO2. The Balaban J connectivity index is 2.41. The number of esters is 1. The van der Waals surface area contributed by atoms with Crippen LogP contribution in [-0.4, -0.2) is 17.6 Å². The number of rotatable bonds is 3. The van der Waals surface area contributed by atoms with E-state index < -0.39 is 5.97 Å². The fourth-order valence-electron chi connectivity index (χ4n) is 1.66. The fraction of sp³-hybridized carbons (Fsp3) is 0.143. The van der Waals surface area contributed by atoms with Gasteiger partial charge in [0.15, 0.2) is 0 Å². The Morgan fingerprint density at radius 2 is 2.33 bits per heavy atom. The lowest BCUT2D eigenvalue weighted by molar-refractivity contribution is -0.137. The lowest BCUT2D eigenvalue weighted by Gasteiger charge is -2.02. The zero-order valence-corrected chi connectivity index (χ0v) is 9.89. The molecule has 0 aliphatic rings. The summed E-state index contributed by atoms with van der Waals surface area (Å²) < 4.78 is 18.2. The van der Waals surface area contributed by atoms with Crippen LogP contribution < -0.4 is 0 Å². The van der Waals surface area contributed by atoms with Gasteiger partial charge in [0.05, 0.1) is 12.1 Å². The minimum Gasteiger partial charge on any atom is -0.463 e. The van der Waals surface area contributed by atoms with Crippen LogP contribution in [0.3, 0.4) is 0 Å². The van der Waals surface area contributed by atoms with Crippen LogP contribution in [0.1, 0.15) is 12.5 Å². The standard InChI is InChI=1S/C14H12FNO2/c1-2-18-13(17)6-5-11-9-12(15)8-10-4-3-7-16-14(10)11/h3-9H,2H2,1H3/b6-5+. The minimum atomic E-state index is -0.453. The fourth-order valence-corrected chi connectivity index (χ4v) is 1.66. The number of halogens is 1. The van der Waals surface area contributed by atoms with Gasteiger partial charge in [0, 0.05) is 23.2 Å². The summed E-state index contributed by atoms with van der Waals surface area (Å²) in [5, 5.41) is 0.695. The largest absolute Gasteiger partial charge is 0.463 e. The quantitative estimate of drug-likeness (QED) is 0.616. The molecule has 0 spiro atoms. The summed E-state index contributed by atoms with van der Waals surface area (Å²) in [6.45, 7) is 2.04. The van der Waals surface area contributed by atoms with E-state index >= 15 is 0 Å².